The molecule has 7 heteroatoms. The Bertz CT molecular complexity index is 1230. The van der Waals surface area contributed by atoms with Gasteiger partial charge in [-0.05, 0) is 48.5 Å². The van der Waals surface area contributed by atoms with E-state index in [1.54, 1.807) is 30.5 Å². The highest BCUT2D eigenvalue weighted by Gasteiger charge is 2.15. The Morgan fingerprint density at radius 2 is 1.50 bits per heavy atom. The first-order chi connectivity index (χ1) is 14.4. The van der Waals surface area contributed by atoms with Crippen LogP contribution < -0.4 is 9.62 Å². The Morgan fingerprint density at radius 3 is 2.13 bits per heavy atom. The van der Waals surface area contributed by atoms with Crippen molar-refractivity contribution in [2.75, 3.05) is 23.7 Å². The van der Waals surface area contributed by atoms with Gasteiger partial charge in [0.1, 0.15) is 0 Å². The average molecular weight is 420 g/mol. The molecular formula is C23H21N3O3S. The number of nitrogens with zero attached hydrogens (tertiary/aromatic N) is 2. The van der Waals surface area contributed by atoms with Gasteiger partial charge in [0.15, 0.2) is 5.76 Å². The maximum absolute atomic E-state index is 12.7. The second kappa shape index (κ2) is 8.04. The average Bonchev–Trinajstić information content (AvgIpc) is 3.25. The lowest BCUT2D eigenvalue weighted by Crippen LogP contribution is -2.13. The third kappa shape index (κ3) is 4.21. The lowest BCUT2D eigenvalue weighted by molar-refractivity contribution is 0.588. The normalized spacial score (nSPS) is 11.3. The maximum atomic E-state index is 12.7. The van der Waals surface area contributed by atoms with Crippen molar-refractivity contribution in [1.82, 2.24) is 4.98 Å². The van der Waals surface area contributed by atoms with Gasteiger partial charge in [0.05, 0.1) is 11.1 Å². The van der Waals surface area contributed by atoms with E-state index in [1.165, 1.54) is 12.1 Å². The van der Waals surface area contributed by atoms with E-state index in [9.17, 15) is 8.42 Å². The Morgan fingerprint density at radius 1 is 0.833 bits per heavy atom. The highest BCUT2D eigenvalue weighted by Crippen LogP contribution is 2.27. The van der Waals surface area contributed by atoms with Gasteiger partial charge >= 0.3 is 0 Å². The van der Waals surface area contributed by atoms with E-state index >= 15 is 0 Å². The van der Waals surface area contributed by atoms with E-state index in [2.05, 4.69) is 9.71 Å². The van der Waals surface area contributed by atoms with Crippen molar-refractivity contribution in [3.8, 4) is 22.8 Å². The van der Waals surface area contributed by atoms with E-state index in [4.69, 9.17) is 4.42 Å². The first kappa shape index (κ1) is 19.7. The van der Waals surface area contributed by atoms with Gasteiger partial charge in [-0.25, -0.2) is 13.4 Å². The molecule has 0 bridgehead atoms. The molecule has 0 fully saturated rings. The van der Waals surface area contributed by atoms with Gasteiger partial charge in [-0.1, -0.05) is 30.3 Å². The van der Waals surface area contributed by atoms with Gasteiger partial charge in [0.2, 0.25) is 5.89 Å². The molecule has 4 rings (SSSR count). The Kier molecular flexibility index (Phi) is 5.29. The fourth-order valence-corrected chi connectivity index (χ4v) is 4.02. The summed E-state index contributed by atoms with van der Waals surface area (Å²) in [5.41, 5.74) is 3.12. The van der Waals surface area contributed by atoms with E-state index in [0.29, 0.717) is 22.9 Å². The fraction of sp³-hybridized carbons (Fsp3) is 0.0870. The zero-order valence-corrected chi connectivity index (χ0v) is 17.4. The van der Waals surface area contributed by atoms with Crippen LogP contribution in [0, 0.1) is 0 Å². The molecule has 0 aliphatic heterocycles. The van der Waals surface area contributed by atoms with Crippen LogP contribution in [0.2, 0.25) is 0 Å². The lowest BCUT2D eigenvalue weighted by Gasteiger charge is -2.13. The number of rotatable bonds is 6. The van der Waals surface area contributed by atoms with Crippen LogP contribution in [-0.4, -0.2) is 27.5 Å². The first-order valence-corrected chi connectivity index (χ1v) is 10.8. The predicted octanol–water partition coefficient (Wildman–Crippen LogP) is 4.88. The van der Waals surface area contributed by atoms with Crippen molar-refractivity contribution in [3.05, 3.63) is 85.1 Å². The van der Waals surface area contributed by atoms with Crippen molar-refractivity contribution in [2.45, 2.75) is 4.90 Å². The first-order valence-electron chi connectivity index (χ1n) is 9.34. The molecule has 0 radical (unpaired) electrons. The topological polar surface area (TPSA) is 75.4 Å². The molecule has 0 aliphatic carbocycles. The van der Waals surface area contributed by atoms with Crippen molar-refractivity contribution in [3.63, 3.8) is 0 Å². The number of benzene rings is 3. The monoisotopic (exact) mass is 419 g/mol. The second-order valence-corrected chi connectivity index (χ2v) is 8.65. The predicted molar refractivity (Wildman–Crippen MR) is 119 cm³/mol. The number of aromatic nitrogens is 1. The Labute approximate surface area is 175 Å². The minimum Gasteiger partial charge on any atom is -0.436 e. The molecule has 1 aromatic heterocycles. The molecule has 0 atom stereocenters. The molecule has 0 saturated heterocycles. The molecule has 1 heterocycles. The standard InChI is InChI=1S/C23H21N3O3S/c1-26(2)20-12-10-19(11-13-20)25-30(27,28)21-14-8-18(9-15-21)23-24-16-22(29-23)17-6-4-3-5-7-17/h3-16,25H,1-2H3. The van der Waals surface area contributed by atoms with Crippen molar-refractivity contribution >= 4 is 21.4 Å². The minimum absolute atomic E-state index is 0.165. The quantitative estimate of drug-likeness (QED) is 0.482. The van der Waals surface area contributed by atoms with Crippen molar-refractivity contribution in [2.24, 2.45) is 0 Å². The molecule has 0 saturated carbocycles. The zero-order chi connectivity index (χ0) is 21.1. The Hall–Kier alpha value is -3.58. The number of hydrogen-bond donors (Lipinski definition) is 1. The summed E-state index contributed by atoms with van der Waals surface area (Å²) in [6, 6.07) is 23.3. The lowest BCUT2D eigenvalue weighted by atomic mass is 10.2. The minimum atomic E-state index is -3.70. The fourth-order valence-electron chi connectivity index (χ4n) is 2.96. The molecule has 30 heavy (non-hydrogen) atoms. The molecule has 3 aromatic carbocycles. The van der Waals surface area contributed by atoms with E-state index in [1.807, 2.05) is 61.5 Å². The summed E-state index contributed by atoms with van der Waals surface area (Å²) in [4.78, 5) is 6.42. The second-order valence-electron chi connectivity index (χ2n) is 6.97. The summed E-state index contributed by atoms with van der Waals surface area (Å²) in [6.07, 6.45) is 1.66. The number of anilines is 2. The van der Waals surface area contributed by atoms with Gasteiger partial charge in [-0.2, -0.15) is 0 Å². The summed E-state index contributed by atoms with van der Waals surface area (Å²) in [5, 5.41) is 0. The van der Waals surface area contributed by atoms with Crippen LogP contribution >= 0.6 is 0 Å². The summed E-state index contributed by atoms with van der Waals surface area (Å²) in [6.45, 7) is 0. The van der Waals surface area contributed by atoms with Gasteiger partial charge in [0, 0.05) is 36.6 Å². The third-order valence-electron chi connectivity index (χ3n) is 4.61. The number of sulfonamides is 1. The van der Waals surface area contributed by atoms with Gasteiger partial charge in [-0.3, -0.25) is 4.72 Å². The molecule has 6 nitrogen and oxygen atoms in total. The molecule has 152 valence electrons. The molecule has 4 aromatic rings. The number of oxazole rings is 1. The smallest absolute Gasteiger partial charge is 0.261 e. The van der Waals surface area contributed by atoms with Crippen molar-refractivity contribution < 1.29 is 12.8 Å². The largest absolute Gasteiger partial charge is 0.436 e. The van der Waals surface area contributed by atoms with E-state index < -0.39 is 10.0 Å². The molecule has 1 N–H and O–H groups in total. The van der Waals surface area contributed by atoms with Crippen LogP contribution in [0.1, 0.15) is 0 Å². The van der Waals surface area contributed by atoms with Gasteiger partial charge in [0.25, 0.3) is 10.0 Å². The van der Waals surface area contributed by atoms with Crippen LogP contribution in [0.3, 0.4) is 0 Å². The van der Waals surface area contributed by atoms with Crippen LogP contribution in [0.15, 0.2) is 94.4 Å². The molecule has 0 unspecified atom stereocenters. The van der Waals surface area contributed by atoms with E-state index in [0.717, 1.165) is 11.3 Å². The highest BCUT2D eigenvalue weighted by molar-refractivity contribution is 7.92. The molecule has 0 amide bonds. The summed E-state index contributed by atoms with van der Waals surface area (Å²) >= 11 is 0. The number of hydrogen-bond acceptors (Lipinski definition) is 5. The summed E-state index contributed by atoms with van der Waals surface area (Å²) in [7, 11) is 0.158. The van der Waals surface area contributed by atoms with E-state index in [-0.39, 0.29) is 4.90 Å². The Balaban J connectivity index is 1.52. The summed E-state index contributed by atoms with van der Waals surface area (Å²) < 4.78 is 33.8. The highest BCUT2D eigenvalue weighted by atomic mass is 32.2. The third-order valence-corrected chi connectivity index (χ3v) is 6.01. The van der Waals surface area contributed by atoms with Crippen LogP contribution in [-0.2, 0) is 10.0 Å². The van der Waals surface area contributed by atoms with Crippen LogP contribution in [0.4, 0.5) is 11.4 Å². The van der Waals surface area contributed by atoms with Crippen LogP contribution in [0.5, 0.6) is 0 Å². The van der Waals surface area contributed by atoms with Gasteiger partial charge < -0.3 is 9.32 Å². The van der Waals surface area contributed by atoms with Gasteiger partial charge in [-0.15, -0.1) is 0 Å². The SMILES string of the molecule is CN(C)c1ccc(NS(=O)(=O)c2ccc(-c3ncc(-c4ccccc4)o3)cc2)cc1. The maximum Gasteiger partial charge on any atom is 0.261 e. The molecular weight excluding hydrogens is 398 g/mol. The number of nitrogens with one attached hydrogen (secondary N) is 1. The molecule has 0 aliphatic rings. The van der Waals surface area contributed by atoms with Crippen LogP contribution in [0.25, 0.3) is 22.8 Å². The van der Waals surface area contributed by atoms with Crippen molar-refractivity contribution in [1.29, 1.82) is 0 Å². The zero-order valence-electron chi connectivity index (χ0n) is 16.6. The molecule has 0 spiro atoms. The summed E-state index contributed by atoms with van der Waals surface area (Å²) in [5.74, 6) is 1.09.